The Kier molecular flexibility index (Phi) is 5.36. The number of nitrogens with one attached hydrogen (secondary N) is 1. The van der Waals surface area contributed by atoms with Crippen LogP contribution in [0.4, 0.5) is 5.69 Å². The third kappa shape index (κ3) is 4.28. The molecule has 0 aromatic heterocycles. The van der Waals surface area contributed by atoms with Gasteiger partial charge in [-0.3, -0.25) is 4.79 Å². The van der Waals surface area contributed by atoms with Crippen molar-refractivity contribution in [2.24, 2.45) is 0 Å². The highest BCUT2D eigenvalue weighted by atomic mass is 16.5. The molecule has 4 heteroatoms. The quantitative estimate of drug-likeness (QED) is 0.887. The van der Waals surface area contributed by atoms with Crippen molar-refractivity contribution in [3.05, 3.63) is 59.7 Å². The highest BCUT2D eigenvalue weighted by Crippen LogP contribution is 2.20. The van der Waals surface area contributed by atoms with E-state index in [2.05, 4.69) is 34.5 Å². The van der Waals surface area contributed by atoms with Crippen LogP contribution in [0.1, 0.15) is 24.0 Å². The van der Waals surface area contributed by atoms with Gasteiger partial charge in [0.1, 0.15) is 5.75 Å². The van der Waals surface area contributed by atoms with Crippen molar-refractivity contribution >= 4 is 11.6 Å². The van der Waals surface area contributed by atoms with Crippen LogP contribution >= 0.6 is 0 Å². The maximum Gasteiger partial charge on any atom is 0.224 e. The van der Waals surface area contributed by atoms with E-state index in [0.717, 1.165) is 30.0 Å². The Morgan fingerprint density at radius 2 is 1.62 bits per heavy atom. The number of anilines is 1. The molecule has 0 atom stereocenters. The van der Waals surface area contributed by atoms with E-state index in [0.29, 0.717) is 13.0 Å². The first kappa shape index (κ1) is 16.4. The van der Waals surface area contributed by atoms with Crippen LogP contribution in [0.15, 0.2) is 48.5 Å². The van der Waals surface area contributed by atoms with Gasteiger partial charge in [0.25, 0.3) is 0 Å². The smallest absolute Gasteiger partial charge is 0.224 e. The third-order valence-corrected chi connectivity index (χ3v) is 4.42. The number of rotatable bonds is 6. The molecule has 0 unspecified atom stereocenters. The Morgan fingerprint density at radius 1 is 1.00 bits per heavy atom. The normalized spacial score (nSPS) is 13.8. The Bertz CT molecular complexity index is 659. The molecule has 24 heavy (non-hydrogen) atoms. The largest absolute Gasteiger partial charge is 0.497 e. The van der Waals surface area contributed by atoms with Gasteiger partial charge in [0.2, 0.25) is 5.91 Å². The van der Waals surface area contributed by atoms with Gasteiger partial charge in [-0.15, -0.1) is 0 Å². The Hall–Kier alpha value is -2.49. The van der Waals surface area contributed by atoms with E-state index < -0.39 is 0 Å². The van der Waals surface area contributed by atoms with Crippen LogP contribution < -0.4 is 15.0 Å². The average molecular weight is 324 g/mol. The zero-order valence-electron chi connectivity index (χ0n) is 14.1. The molecule has 0 bridgehead atoms. The molecule has 126 valence electrons. The van der Waals surface area contributed by atoms with E-state index in [1.807, 2.05) is 24.3 Å². The number of nitrogens with zero attached hydrogens (tertiary/aromatic N) is 1. The summed E-state index contributed by atoms with van der Waals surface area (Å²) in [7, 11) is 1.64. The van der Waals surface area contributed by atoms with E-state index in [1.165, 1.54) is 18.5 Å². The zero-order valence-corrected chi connectivity index (χ0v) is 14.1. The molecule has 0 aliphatic carbocycles. The maximum atomic E-state index is 12.1. The molecule has 2 aromatic rings. The molecular formula is C20H24N2O2. The molecule has 1 amide bonds. The second-order valence-corrected chi connectivity index (χ2v) is 6.16. The van der Waals surface area contributed by atoms with Crippen LogP contribution in [-0.2, 0) is 17.8 Å². The molecule has 1 aliphatic heterocycles. The van der Waals surface area contributed by atoms with Gasteiger partial charge >= 0.3 is 0 Å². The Morgan fingerprint density at radius 3 is 2.25 bits per heavy atom. The number of methoxy groups -OCH3 is 1. The summed E-state index contributed by atoms with van der Waals surface area (Å²) in [5, 5.41) is 2.96. The van der Waals surface area contributed by atoms with Gasteiger partial charge in [0.05, 0.1) is 13.5 Å². The molecule has 0 radical (unpaired) electrons. The number of carbonyl (C=O) groups is 1. The van der Waals surface area contributed by atoms with Gasteiger partial charge < -0.3 is 15.0 Å². The van der Waals surface area contributed by atoms with E-state index in [-0.39, 0.29) is 5.91 Å². The minimum atomic E-state index is 0.0414. The van der Waals surface area contributed by atoms with Crippen LogP contribution in [0.3, 0.4) is 0 Å². The van der Waals surface area contributed by atoms with Crippen molar-refractivity contribution in [3.63, 3.8) is 0 Å². The lowest BCUT2D eigenvalue weighted by atomic mass is 10.1. The fourth-order valence-electron chi connectivity index (χ4n) is 2.99. The van der Waals surface area contributed by atoms with Crippen molar-refractivity contribution in [1.82, 2.24) is 5.32 Å². The molecule has 0 saturated carbocycles. The van der Waals surface area contributed by atoms with Crippen LogP contribution in [0.5, 0.6) is 5.75 Å². The lowest BCUT2D eigenvalue weighted by Gasteiger charge is -2.17. The van der Waals surface area contributed by atoms with E-state index in [4.69, 9.17) is 4.74 Å². The highest BCUT2D eigenvalue weighted by molar-refractivity contribution is 5.78. The third-order valence-electron chi connectivity index (χ3n) is 4.42. The lowest BCUT2D eigenvalue weighted by Crippen LogP contribution is -2.24. The summed E-state index contributed by atoms with van der Waals surface area (Å²) in [6.45, 7) is 2.82. The minimum Gasteiger partial charge on any atom is -0.497 e. The fourth-order valence-corrected chi connectivity index (χ4v) is 2.99. The van der Waals surface area contributed by atoms with E-state index >= 15 is 0 Å². The number of benzene rings is 2. The molecule has 4 nitrogen and oxygen atoms in total. The van der Waals surface area contributed by atoms with E-state index in [1.54, 1.807) is 7.11 Å². The SMILES string of the molecule is COc1ccc(CNC(=O)Cc2ccc(N3CCCC3)cc2)cc1. The van der Waals surface area contributed by atoms with Crippen LogP contribution in [0.2, 0.25) is 0 Å². The summed E-state index contributed by atoms with van der Waals surface area (Å²) in [6, 6.07) is 16.1. The van der Waals surface area contributed by atoms with Gasteiger partial charge in [0.15, 0.2) is 0 Å². The van der Waals surface area contributed by atoms with Gasteiger partial charge in [-0.2, -0.15) is 0 Å². The summed E-state index contributed by atoms with van der Waals surface area (Å²) in [5.74, 6) is 0.864. The van der Waals surface area contributed by atoms with E-state index in [9.17, 15) is 4.79 Å². The Labute approximate surface area is 143 Å². The summed E-state index contributed by atoms with van der Waals surface area (Å²) in [6.07, 6.45) is 2.96. The van der Waals surface area contributed by atoms with Crippen molar-refractivity contribution in [2.45, 2.75) is 25.8 Å². The molecule has 1 heterocycles. The second-order valence-electron chi connectivity index (χ2n) is 6.16. The maximum absolute atomic E-state index is 12.1. The zero-order chi connectivity index (χ0) is 16.8. The summed E-state index contributed by atoms with van der Waals surface area (Å²) >= 11 is 0. The predicted molar refractivity (Wildman–Crippen MR) is 96.4 cm³/mol. The number of ether oxygens (including phenoxy) is 1. The molecule has 0 spiro atoms. The first-order chi connectivity index (χ1) is 11.7. The molecular weight excluding hydrogens is 300 g/mol. The summed E-state index contributed by atoms with van der Waals surface area (Å²) < 4.78 is 5.13. The number of carbonyl (C=O) groups excluding carboxylic acids is 1. The second kappa shape index (κ2) is 7.86. The predicted octanol–water partition coefficient (Wildman–Crippen LogP) is 3.15. The molecule has 3 rings (SSSR count). The highest BCUT2D eigenvalue weighted by Gasteiger charge is 2.12. The van der Waals surface area contributed by atoms with Crippen molar-refractivity contribution in [3.8, 4) is 5.75 Å². The van der Waals surface area contributed by atoms with Gasteiger partial charge in [0, 0.05) is 25.3 Å². The molecule has 1 fully saturated rings. The van der Waals surface area contributed by atoms with Crippen molar-refractivity contribution in [2.75, 3.05) is 25.1 Å². The first-order valence-electron chi connectivity index (χ1n) is 8.48. The van der Waals surface area contributed by atoms with Crippen molar-refractivity contribution in [1.29, 1.82) is 0 Å². The Balaban J connectivity index is 1.48. The molecule has 1 aliphatic rings. The fraction of sp³-hybridized carbons (Fsp3) is 0.350. The van der Waals surface area contributed by atoms with Gasteiger partial charge in [-0.25, -0.2) is 0 Å². The molecule has 1 saturated heterocycles. The topological polar surface area (TPSA) is 41.6 Å². The first-order valence-corrected chi connectivity index (χ1v) is 8.48. The van der Waals surface area contributed by atoms with Crippen LogP contribution in [0.25, 0.3) is 0 Å². The number of hydrogen-bond acceptors (Lipinski definition) is 3. The van der Waals surface area contributed by atoms with Gasteiger partial charge in [-0.05, 0) is 48.2 Å². The summed E-state index contributed by atoms with van der Waals surface area (Å²) in [4.78, 5) is 14.5. The van der Waals surface area contributed by atoms with Crippen molar-refractivity contribution < 1.29 is 9.53 Å². The number of amides is 1. The molecule has 1 N–H and O–H groups in total. The number of hydrogen-bond donors (Lipinski definition) is 1. The molecule has 2 aromatic carbocycles. The summed E-state index contributed by atoms with van der Waals surface area (Å²) in [5.41, 5.74) is 3.37. The monoisotopic (exact) mass is 324 g/mol. The van der Waals surface area contributed by atoms with Crippen LogP contribution in [-0.4, -0.2) is 26.1 Å². The standard InChI is InChI=1S/C20H24N2O2/c1-24-19-10-6-17(7-11-19)15-21-20(23)14-16-4-8-18(9-5-16)22-12-2-3-13-22/h4-11H,2-3,12-15H2,1H3,(H,21,23). The minimum absolute atomic E-state index is 0.0414. The average Bonchev–Trinajstić information content (AvgIpc) is 3.16. The lowest BCUT2D eigenvalue weighted by molar-refractivity contribution is -0.120. The van der Waals surface area contributed by atoms with Crippen LogP contribution in [0, 0.1) is 0 Å². The van der Waals surface area contributed by atoms with Gasteiger partial charge in [-0.1, -0.05) is 24.3 Å².